The van der Waals surface area contributed by atoms with Gasteiger partial charge in [-0.25, -0.2) is 9.97 Å². The van der Waals surface area contributed by atoms with Crippen molar-refractivity contribution in [2.45, 2.75) is 12.4 Å². The first kappa shape index (κ1) is 45.8. The number of rotatable bonds is 8. The van der Waals surface area contributed by atoms with E-state index in [4.69, 9.17) is 9.97 Å². The van der Waals surface area contributed by atoms with Crippen molar-refractivity contribution in [1.29, 1.82) is 10.5 Å². The molecule has 0 aliphatic rings. The number of nitrogens with zero attached hydrogens (tertiary/aromatic N) is 5. The Morgan fingerprint density at radius 3 is 1.15 bits per heavy atom. The third kappa shape index (κ3) is 8.85. The average Bonchev–Trinajstić information content (AvgIpc) is 3.75. The zero-order valence-corrected chi connectivity index (χ0v) is 38.2. The molecule has 0 N–H and O–H groups in total. The first-order chi connectivity index (χ1) is 35.3. The highest BCUT2D eigenvalue weighted by molar-refractivity contribution is 6.13. The molecule has 0 saturated carbocycles. The summed E-state index contributed by atoms with van der Waals surface area (Å²) in [6.45, 7) is 0. The van der Waals surface area contributed by atoms with Crippen molar-refractivity contribution in [2.24, 2.45) is 0 Å². The molecule has 0 amide bonds. The summed E-state index contributed by atoms with van der Waals surface area (Å²) >= 11 is 0. The summed E-state index contributed by atoms with van der Waals surface area (Å²) < 4.78 is 87.7. The van der Waals surface area contributed by atoms with Crippen molar-refractivity contribution < 1.29 is 26.3 Å². The maximum absolute atomic E-state index is 14.3. The van der Waals surface area contributed by atoms with Crippen LogP contribution in [0.5, 0.6) is 0 Å². The summed E-state index contributed by atoms with van der Waals surface area (Å²) in [5.74, 6) is 0.409. The Morgan fingerprint density at radius 2 is 0.740 bits per heavy atom. The van der Waals surface area contributed by atoms with E-state index in [-0.39, 0.29) is 0 Å². The summed E-state index contributed by atoms with van der Waals surface area (Å²) in [5.41, 5.74) is 9.39. The van der Waals surface area contributed by atoms with E-state index < -0.39 is 23.5 Å². The molecule has 0 aliphatic heterocycles. The number of fused-ring (bicyclic) bond motifs is 3. The monoisotopic (exact) mass is 963 g/mol. The highest BCUT2D eigenvalue weighted by atomic mass is 19.4. The van der Waals surface area contributed by atoms with Gasteiger partial charge in [-0.05, 0) is 124 Å². The lowest BCUT2D eigenvalue weighted by atomic mass is 9.90. The number of halogens is 6. The van der Waals surface area contributed by atoms with Gasteiger partial charge in [0.15, 0.2) is 5.82 Å². The van der Waals surface area contributed by atoms with E-state index in [0.29, 0.717) is 72.9 Å². The van der Waals surface area contributed by atoms with E-state index in [2.05, 4.69) is 12.1 Å². The van der Waals surface area contributed by atoms with Crippen molar-refractivity contribution in [3.8, 4) is 96.2 Å². The van der Waals surface area contributed by atoms with Crippen LogP contribution >= 0.6 is 0 Å². The molecule has 11 aromatic rings. The number of hydrogen-bond acceptors (Lipinski definition) is 4. The van der Waals surface area contributed by atoms with Gasteiger partial charge in [-0.15, -0.1) is 0 Å². The van der Waals surface area contributed by atoms with Gasteiger partial charge in [-0.2, -0.15) is 36.9 Å². The van der Waals surface area contributed by atoms with Gasteiger partial charge in [0.25, 0.3) is 0 Å². The van der Waals surface area contributed by atoms with Crippen LogP contribution in [0.25, 0.3) is 106 Å². The van der Waals surface area contributed by atoms with Crippen LogP contribution in [0.3, 0.4) is 0 Å². The third-order valence-electron chi connectivity index (χ3n) is 13.0. The fourth-order valence-electron chi connectivity index (χ4n) is 9.31. The van der Waals surface area contributed by atoms with Gasteiger partial charge < -0.3 is 4.57 Å². The molecule has 2 aromatic heterocycles. The van der Waals surface area contributed by atoms with Gasteiger partial charge >= 0.3 is 12.4 Å². The standard InChI is InChI=1S/C62H35F6N5/c63-61(64,65)49-25-19-42(20-26-49)51-33-48(56-35-55(44-7-3-1-4-8-44)71-60(72-56)45-9-5-2-6-10-45)34-52(43-21-27-50(28-22-43)62(66,67)68)59(51)73-57-29-23-46(40-15-11-38(36-69)12-16-40)31-53(57)54-32-47(24-30-58(54)73)41-17-13-39(37-70)14-18-41/h1-35H. The van der Waals surface area contributed by atoms with Crippen LogP contribution < -0.4 is 0 Å². The van der Waals surface area contributed by atoms with Crippen molar-refractivity contribution in [1.82, 2.24) is 14.5 Å². The first-order valence-corrected chi connectivity index (χ1v) is 23.0. The number of alkyl halides is 6. The molecule has 0 unspecified atom stereocenters. The van der Waals surface area contributed by atoms with Gasteiger partial charge in [-0.3, -0.25) is 0 Å². The maximum atomic E-state index is 14.3. The Bertz CT molecular complexity index is 3710. The Hall–Kier alpha value is -9.58. The number of nitriles is 2. The summed E-state index contributed by atoms with van der Waals surface area (Å²) in [7, 11) is 0. The summed E-state index contributed by atoms with van der Waals surface area (Å²) in [5, 5.41) is 20.7. The van der Waals surface area contributed by atoms with Crippen LogP contribution in [0.1, 0.15) is 22.3 Å². The van der Waals surface area contributed by atoms with Crippen LogP contribution in [0, 0.1) is 22.7 Å². The molecule has 9 aromatic carbocycles. The van der Waals surface area contributed by atoms with Crippen LogP contribution in [-0.4, -0.2) is 14.5 Å². The minimum Gasteiger partial charge on any atom is -0.308 e. The quantitative estimate of drug-likeness (QED) is 0.142. The highest BCUT2D eigenvalue weighted by Crippen LogP contribution is 2.46. The molecular formula is C62H35F6N5. The van der Waals surface area contributed by atoms with Crippen LogP contribution in [0.15, 0.2) is 212 Å². The van der Waals surface area contributed by atoms with Crippen molar-refractivity contribution in [3.63, 3.8) is 0 Å². The molecule has 11 heteroatoms. The topological polar surface area (TPSA) is 78.3 Å². The second kappa shape index (κ2) is 18.3. The zero-order valence-electron chi connectivity index (χ0n) is 38.2. The lowest BCUT2D eigenvalue weighted by Gasteiger charge is -2.22. The van der Waals surface area contributed by atoms with E-state index in [1.807, 2.05) is 144 Å². The predicted octanol–water partition coefficient (Wildman–Crippen LogP) is 17.0. The Morgan fingerprint density at radius 1 is 0.356 bits per heavy atom. The molecule has 0 spiro atoms. The number of benzene rings is 9. The summed E-state index contributed by atoms with van der Waals surface area (Å²) in [6, 6.07) is 64.9. The van der Waals surface area contributed by atoms with E-state index >= 15 is 0 Å². The van der Waals surface area contributed by atoms with Crippen molar-refractivity contribution in [3.05, 3.63) is 235 Å². The largest absolute Gasteiger partial charge is 0.416 e. The Kier molecular flexibility index (Phi) is 11.5. The van der Waals surface area contributed by atoms with Gasteiger partial charge in [0.05, 0.1) is 62.5 Å². The molecule has 0 fully saturated rings. The SMILES string of the molecule is N#Cc1ccc(-c2ccc3c(c2)c2cc(-c4ccc(C#N)cc4)ccc2n3-c2c(-c3ccc(C(F)(F)F)cc3)cc(-c3cc(-c4ccccc4)nc(-c4ccccc4)n3)cc2-c2ccc(C(F)(F)F)cc2)cc1. The minimum absolute atomic E-state index is 0.400. The maximum Gasteiger partial charge on any atom is 0.416 e. The van der Waals surface area contributed by atoms with Crippen molar-refractivity contribution >= 4 is 21.8 Å². The molecule has 0 atom stereocenters. The predicted molar refractivity (Wildman–Crippen MR) is 274 cm³/mol. The molecule has 0 aliphatic carbocycles. The Labute approximate surface area is 414 Å². The summed E-state index contributed by atoms with van der Waals surface area (Å²) in [6.07, 6.45) is -9.27. The number of hydrogen-bond donors (Lipinski definition) is 0. The molecule has 2 heterocycles. The Balaban J connectivity index is 1.26. The molecule has 0 saturated heterocycles. The highest BCUT2D eigenvalue weighted by Gasteiger charge is 2.32. The number of aromatic nitrogens is 3. The average molecular weight is 964 g/mol. The van der Waals surface area contributed by atoms with Gasteiger partial charge in [0, 0.05) is 38.6 Å². The fraction of sp³-hybridized carbons (Fsp3) is 0.0323. The summed E-state index contributed by atoms with van der Waals surface area (Å²) in [4.78, 5) is 10.1. The van der Waals surface area contributed by atoms with E-state index in [0.717, 1.165) is 68.4 Å². The molecule has 5 nitrogen and oxygen atoms in total. The first-order valence-electron chi connectivity index (χ1n) is 23.0. The lowest BCUT2D eigenvalue weighted by molar-refractivity contribution is -0.138. The van der Waals surface area contributed by atoms with Crippen LogP contribution in [-0.2, 0) is 12.4 Å². The molecule has 0 bridgehead atoms. The van der Waals surface area contributed by atoms with Crippen LogP contribution in [0.4, 0.5) is 26.3 Å². The van der Waals surface area contributed by atoms with E-state index in [1.54, 1.807) is 24.3 Å². The second-order valence-corrected chi connectivity index (χ2v) is 17.4. The van der Waals surface area contributed by atoms with E-state index in [1.165, 1.54) is 24.3 Å². The van der Waals surface area contributed by atoms with Gasteiger partial charge in [0.1, 0.15) is 0 Å². The normalized spacial score (nSPS) is 11.7. The smallest absolute Gasteiger partial charge is 0.308 e. The van der Waals surface area contributed by atoms with Gasteiger partial charge in [0.2, 0.25) is 0 Å². The van der Waals surface area contributed by atoms with E-state index in [9.17, 15) is 36.9 Å². The lowest BCUT2D eigenvalue weighted by Crippen LogP contribution is -2.06. The van der Waals surface area contributed by atoms with Gasteiger partial charge in [-0.1, -0.05) is 121 Å². The molecular weight excluding hydrogens is 929 g/mol. The molecule has 11 rings (SSSR count). The van der Waals surface area contributed by atoms with Crippen LogP contribution in [0.2, 0.25) is 0 Å². The molecule has 350 valence electrons. The molecule has 0 radical (unpaired) electrons. The third-order valence-corrected chi connectivity index (χ3v) is 13.0. The zero-order chi connectivity index (χ0) is 50.4. The second-order valence-electron chi connectivity index (χ2n) is 17.4. The van der Waals surface area contributed by atoms with Crippen molar-refractivity contribution in [2.75, 3.05) is 0 Å². The minimum atomic E-state index is -4.64. The molecule has 73 heavy (non-hydrogen) atoms. The fourth-order valence-corrected chi connectivity index (χ4v) is 9.31.